The van der Waals surface area contributed by atoms with Crippen LogP contribution in [0.15, 0.2) is 48.5 Å². The lowest BCUT2D eigenvalue weighted by atomic mass is 10.1. The van der Waals surface area contributed by atoms with Gasteiger partial charge in [0.15, 0.2) is 0 Å². The van der Waals surface area contributed by atoms with Crippen LogP contribution in [0.4, 0.5) is 0 Å². The molecule has 4 amide bonds. The summed E-state index contributed by atoms with van der Waals surface area (Å²) in [7, 11) is 0. The molecule has 0 spiro atoms. The number of carboxylic acid groups (broad SMARTS) is 1. The van der Waals surface area contributed by atoms with Crippen LogP contribution >= 0.6 is 0 Å². The Kier molecular flexibility index (Phi) is 4.67. The highest BCUT2D eigenvalue weighted by Crippen LogP contribution is 2.21. The second-order valence-corrected chi connectivity index (χ2v) is 5.63. The quantitative estimate of drug-likeness (QED) is 0.531. The molecule has 0 aromatic heterocycles. The topological polar surface area (TPSA) is 133 Å². The number of rotatable bonds is 4. The van der Waals surface area contributed by atoms with Crippen LogP contribution in [-0.4, -0.2) is 46.1 Å². The first-order chi connectivity index (χ1) is 12.9. The minimum atomic E-state index is -1.13. The summed E-state index contributed by atoms with van der Waals surface area (Å²) in [5.41, 5.74) is 4.83. The number of hydrazine groups is 1. The van der Waals surface area contributed by atoms with Gasteiger partial charge in [-0.25, -0.2) is 4.79 Å². The van der Waals surface area contributed by atoms with Crippen LogP contribution in [0.3, 0.4) is 0 Å². The van der Waals surface area contributed by atoms with Crippen molar-refractivity contribution in [3.8, 4) is 0 Å². The van der Waals surface area contributed by atoms with Crippen molar-refractivity contribution in [2.45, 2.75) is 0 Å². The van der Waals surface area contributed by atoms with Gasteiger partial charge < -0.3 is 5.11 Å². The van der Waals surface area contributed by atoms with Gasteiger partial charge in [0.25, 0.3) is 23.6 Å². The fourth-order valence-corrected chi connectivity index (χ4v) is 2.53. The normalized spacial score (nSPS) is 12.5. The molecule has 0 saturated heterocycles. The minimum Gasteiger partial charge on any atom is -0.478 e. The summed E-state index contributed by atoms with van der Waals surface area (Å²) in [4.78, 5) is 59.8. The van der Waals surface area contributed by atoms with Crippen molar-refractivity contribution < 1.29 is 29.1 Å². The Hall–Kier alpha value is -4.01. The lowest BCUT2D eigenvalue weighted by Crippen LogP contribution is -2.47. The van der Waals surface area contributed by atoms with Gasteiger partial charge in [-0.15, -0.1) is 0 Å². The number of amides is 4. The lowest BCUT2D eigenvalue weighted by Gasteiger charge is -2.14. The highest BCUT2D eigenvalue weighted by molar-refractivity contribution is 6.22. The molecule has 2 aromatic carbocycles. The number of carboxylic acids is 1. The summed E-state index contributed by atoms with van der Waals surface area (Å²) in [6.45, 7) is -0.551. The molecule has 1 aliphatic rings. The zero-order valence-electron chi connectivity index (χ0n) is 13.8. The van der Waals surface area contributed by atoms with Gasteiger partial charge in [0.2, 0.25) is 0 Å². The Morgan fingerprint density at radius 3 is 1.85 bits per heavy atom. The summed E-state index contributed by atoms with van der Waals surface area (Å²) >= 11 is 0. The maximum Gasteiger partial charge on any atom is 0.335 e. The van der Waals surface area contributed by atoms with Crippen molar-refractivity contribution in [1.29, 1.82) is 0 Å². The fraction of sp³-hybridized carbons (Fsp3) is 0.0556. The molecule has 9 nitrogen and oxygen atoms in total. The maximum atomic E-state index is 12.2. The Bertz CT molecular complexity index is 932. The van der Waals surface area contributed by atoms with Crippen molar-refractivity contribution in [3.05, 3.63) is 70.8 Å². The van der Waals surface area contributed by atoms with Crippen molar-refractivity contribution in [3.63, 3.8) is 0 Å². The average molecular weight is 367 g/mol. The number of aromatic carboxylic acids is 1. The molecule has 0 radical (unpaired) electrons. The summed E-state index contributed by atoms with van der Waals surface area (Å²) in [5.74, 6) is -3.73. The average Bonchev–Trinajstić information content (AvgIpc) is 2.91. The van der Waals surface area contributed by atoms with Crippen molar-refractivity contribution in [2.24, 2.45) is 0 Å². The third-order valence-corrected chi connectivity index (χ3v) is 3.89. The number of fused-ring (bicyclic) bond motifs is 1. The Morgan fingerprint density at radius 1 is 0.815 bits per heavy atom. The monoisotopic (exact) mass is 367 g/mol. The first kappa shape index (κ1) is 17.8. The van der Waals surface area contributed by atoms with E-state index in [0.717, 1.165) is 4.90 Å². The number of benzene rings is 2. The van der Waals surface area contributed by atoms with E-state index in [-0.39, 0.29) is 22.3 Å². The molecule has 3 N–H and O–H groups in total. The molecule has 27 heavy (non-hydrogen) atoms. The van der Waals surface area contributed by atoms with Crippen LogP contribution in [0.25, 0.3) is 0 Å². The first-order valence-electron chi connectivity index (χ1n) is 7.76. The smallest absolute Gasteiger partial charge is 0.335 e. The van der Waals surface area contributed by atoms with Crippen LogP contribution in [-0.2, 0) is 4.79 Å². The standard InChI is InChI=1S/C18H13N3O6/c22-14(9-21-16(24)12-3-1-2-4-13(12)17(21)25)19-20-15(23)10-5-7-11(8-6-10)18(26)27/h1-8H,9H2,(H,19,22)(H,20,23)(H,26,27). The molecule has 0 bridgehead atoms. The summed E-state index contributed by atoms with van der Waals surface area (Å²) < 4.78 is 0. The third kappa shape index (κ3) is 3.52. The molecule has 2 aromatic rings. The van der Waals surface area contributed by atoms with E-state index in [4.69, 9.17) is 5.11 Å². The van der Waals surface area contributed by atoms with Crippen molar-refractivity contribution in [1.82, 2.24) is 15.8 Å². The maximum absolute atomic E-state index is 12.2. The number of carbonyl (C=O) groups is 5. The summed E-state index contributed by atoms with van der Waals surface area (Å²) in [6.07, 6.45) is 0. The number of carbonyl (C=O) groups excluding carboxylic acids is 4. The van der Waals surface area contributed by atoms with E-state index in [1.807, 2.05) is 0 Å². The second kappa shape index (κ2) is 7.08. The van der Waals surface area contributed by atoms with Gasteiger partial charge in [-0.3, -0.25) is 34.9 Å². The zero-order chi connectivity index (χ0) is 19.6. The molecule has 136 valence electrons. The summed E-state index contributed by atoms with van der Waals surface area (Å²) in [5, 5.41) is 8.82. The fourth-order valence-electron chi connectivity index (χ4n) is 2.53. The Labute approximate surface area is 152 Å². The van der Waals surface area contributed by atoms with E-state index < -0.39 is 36.1 Å². The lowest BCUT2D eigenvalue weighted by molar-refractivity contribution is -0.122. The van der Waals surface area contributed by atoms with Gasteiger partial charge in [-0.1, -0.05) is 12.1 Å². The van der Waals surface area contributed by atoms with E-state index in [2.05, 4.69) is 10.9 Å². The molecular formula is C18H13N3O6. The number of hydrogen-bond acceptors (Lipinski definition) is 5. The molecule has 0 saturated carbocycles. The number of nitrogens with one attached hydrogen (secondary N) is 2. The molecular weight excluding hydrogens is 354 g/mol. The predicted molar refractivity (Wildman–Crippen MR) is 90.8 cm³/mol. The first-order valence-corrected chi connectivity index (χ1v) is 7.76. The van der Waals surface area contributed by atoms with E-state index >= 15 is 0 Å². The minimum absolute atomic E-state index is 0.0150. The molecule has 1 heterocycles. The largest absolute Gasteiger partial charge is 0.478 e. The number of nitrogens with zero attached hydrogens (tertiary/aromatic N) is 1. The molecule has 0 fully saturated rings. The van der Waals surface area contributed by atoms with Crippen LogP contribution in [0.2, 0.25) is 0 Å². The molecule has 0 aliphatic carbocycles. The van der Waals surface area contributed by atoms with Crippen LogP contribution < -0.4 is 10.9 Å². The molecule has 3 rings (SSSR count). The van der Waals surface area contributed by atoms with Gasteiger partial charge in [-0.05, 0) is 36.4 Å². The molecule has 1 aliphatic heterocycles. The number of hydrogen-bond donors (Lipinski definition) is 3. The van der Waals surface area contributed by atoms with Crippen LogP contribution in [0.5, 0.6) is 0 Å². The molecule has 0 atom stereocenters. The Balaban J connectivity index is 1.57. The highest BCUT2D eigenvalue weighted by Gasteiger charge is 2.36. The Morgan fingerprint density at radius 2 is 1.33 bits per heavy atom. The van der Waals surface area contributed by atoms with Gasteiger partial charge in [0.05, 0.1) is 16.7 Å². The zero-order valence-corrected chi connectivity index (χ0v) is 13.8. The SMILES string of the molecule is O=C(CN1C(=O)c2ccccc2C1=O)NNC(=O)c1ccc(C(=O)O)cc1. The predicted octanol–water partition coefficient (Wildman–Crippen LogP) is 0.442. The second-order valence-electron chi connectivity index (χ2n) is 5.63. The third-order valence-electron chi connectivity index (χ3n) is 3.89. The van der Waals surface area contributed by atoms with Crippen molar-refractivity contribution >= 4 is 29.6 Å². The van der Waals surface area contributed by atoms with E-state index in [1.54, 1.807) is 12.1 Å². The summed E-state index contributed by atoms with van der Waals surface area (Å²) in [6, 6.07) is 11.3. The van der Waals surface area contributed by atoms with Gasteiger partial charge >= 0.3 is 5.97 Å². The molecule has 0 unspecified atom stereocenters. The molecule has 9 heteroatoms. The van der Waals surface area contributed by atoms with Gasteiger partial charge in [-0.2, -0.15) is 0 Å². The number of imide groups is 1. The highest BCUT2D eigenvalue weighted by atomic mass is 16.4. The van der Waals surface area contributed by atoms with Crippen LogP contribution in [0.1, 0.15) is 41.4 Å². The van der Waals surface area contributed by atoms with Gasteiger partial charge in [0, 0.05) is 5.56 Å². The van der Waals surface area contributed by atoms with Crippen LogP contribution in [0, 0.1) is 0 Å². The van der Waals surface area contributed by atoms with E-state index in [0.29, 0.717) is 0 Å². The van der Waals surface area contributed by atoms with Gasteiger partial charge in [0.1, 0.15) is 6.54 Å². The van der Waals surface area contributed by atoms with E-state index in [1.165, 1.54) is 36.4 Å². The van der Waals surface area contributed by atoms with E-state index in [9.17, 15) is 24.0 Å². The van der Waals surface area contributed by atoms with Crippen molar-refractivity contribution in [2.75, 3.05) is 6.54 Å².